The second-order valence-corrected chi connectivity index (χ2v) is 5.11. The Morgan fingerprint density at radius 1 is 1.43 bits per heavy atom. The number of thiophene rings is 1. The van der Waals surface area contributed by atoms with Gasteiger partial charge in [-0.25, -0.2) is 0 Å². The number of halogens is 2. The SMILES string of the molecule is O=C(Cl)c1sc2c(P)cccc2c1Cl. The van der Waals surface area contributed by atoms with Crippen LogP contribution in [0.4, 0.5) is 0 Å². The fourth-order valence-electron chi connectivity index (χ4n) is 1.24. The van der Waals surface area contributed by atoms with Gasteiger partial charge in [-0.2, -0.15) is 0 Å². The average Bonchev–Trinajstić information content (AvgIpc) is 2.46. The molecule has 0 bridgehead atoms. The fraction of sp³-hybridized carbons (Fsp3) is 0. The first-order valence-corrected chi connectivity index (χ1v) is 5.92. The van der Waals surface area contributed by atoms with Crippen molar-refractivity contribution in [2.75, 3.05) is 0 Å². The minimum Gasteiger partial charge on any atom is -0.275 e. The van der Waals surface area contributed by atoms with E-state index in [2.05, 4.69) is 9.24 Å². The quantitative estimate of drug-likeness (QED) is 0.569. The van der Waals surface area contributed by atoms with Crippen LogP contribution < -0.4 is 5.30 Å². The van der Waals surface area contributed by atoms with Crippen LogP contribution >= 0.6 is 43.8 Å². The molecule has 0 fully saturated rings. The zero-order valence-corrected chi connectivity index (χ0v) is 10.4. The first-order valence-electron chi connectivity index (χ1n) is 3.77. The molecule has 2 aromatic rings. The van der Waals surface area contributed by atoms with Crippen LogP contribution in [0.15, 0.2) is 18.2 Å². The molecule has 72 valence electrons. The number of carbonyl (C=O) groups is 1. The fourth-order valence-corrected chi connectivity index (χ4v) is 3.30. The molecular formula is C9H5Cl2OPS. The second-order valence-electron chi connectivity index (χ2n) is 2.74. The van der Waals surface area contributed by atoms with E-state index in [4.69, 9.17) is 23.2 Å². The Morgan fingerprint density at radius 2 is 2.14 bits per heavy atom. The van der Waals surface area contributed by atoms with E-state index in [0.717, 1.165) is 15.4 Å². The molecule has 1 aromatic heterocycles. The monoisotopic (exact) mass is 262 g/mol. The summed E-state index contributed by atoms with van der Waals surface area (Å²) in [7, 11) is 2.61. The molecule has 1 aromatic carbocycles. The highest BCUT2D eigenvalue weighted by atomic mass is 35.5. The van der Waals surface area contributed by atoms with Gasteiger partial charge < -0.3 is 0 Å². The Morgan fingerprint density at radius 3 is 2.71 bits per heavy atom. The number of fused-ring (bicyclic) bond motifs is 1. The van der Waals surface area contributed by atoms with Crippen LogP contribution in [0, 0.1) is 0 Å². The molecule has 0 spiro atoms. The van der Waals surface area contributed by atoms with Gasteiger partial charge in [-0.3, -0.25) is 4.79 Å². The predicted octanol–water partition coefficient (Wildman–Crippen LogP) is 3.43. The third-order valence-corrected chi connectivity index (χ3v) is 4.61. The molecule has 1 nitrogen and oxygen atoms in total. The second kappa shape index (κ2) is 3.79. The van der Waals surface area contributed by atoms with Crippen LogP contribution in [0.25, 0.3) is 10.1 Å². The van der Waals surface area contributed by atoms with E-state index in [1.807, 2.05) is 18.2 Å². The van der Waals surface area contributed by atoms with Crippen molar-refractivity contribution in [1.82, 2.24) is 0 Å². The van der Waals surface area contributed by atoms with Crippen molar-refractivity contribution in [2.45, 2.75) is 0 Å². The molecule has 0 amide bonds. The summed E-state index contributed by atoms with van der Waals surface area (Å²) in [4.78, 5) is 11.4. The first-order chi connectivity index (χ1) is 6.61. The molecule has 1 unspecified atom stereocenters. The number of carbonyl (C=O) groups excluding carboxylic acids is 1. The Hall–Kier alpha value is -0.140. The molecule has 1 atom stereocenters. The highest BCUT2D eigenvalue weighted by molar-refractivity contribution is 7.33. The molecular weight excluding hydrogens is 258 g/mol. The van der Waals surface area contributed by atoms with Crippen molar-refractivity contribution in [1.29, 1.82) is 0 Å². The van der Waals surface area contributed by atoms with E-state index in [1.165, 1.54) is 11.3 Å². The summed E-state index contributed by atoms with van der Waals surface area (Å²) in [5, 5.41) is 1.86. The van der Waals surface area contributed by atoms with Crippen LogP contribution in [0.1, 0.15) is 9.67 Å². The smallest absolute Gasteiger partial charge is 0.263 e. The van der Waals surface area contributed by atoms with Crippen molar-refractivity contribution in [3.63, 3.8) is 0 Å². The van der Waals surface area contributed by atoms with E-state index in [9.17, 15) is 4.79 Å². The maximum Gasteiger partial charge on any atom is 0.263 e. The summed E-state index contributed by atoms with van der Waals surface area (Å²) in [6.45, 7) is 0. The molecule has 0 aliphatic heterocycles. The molecule has 0 N–H and O–H groups in total. The number of rotatable bonds is 1. The maximum absolute atomic E-state index is 11.0. The number of hydrogen-bond acceptors (Lipinski definition) is 2. The Bertz CT molecular complexity index is 521. The van der Waals surface area contributed by atoms with Gasteiger partial charge in [-0.05, 0) is 16.9 Å². The van der Waals surface area contributed by atoms with Gasteiger partial charge in [0.25, 0.3) is 5.24 Å². The summed E-state index contributed by atoms with van der Waals surface area (Å²) >= 11 is 12.8. The van der Waals surface area contributed by atoms with Gasteiger partial charge in [-0.15, -0.1) is 20.6 Å². The van der Waals surface area contributed by atoms with Crippen molar-refractivity contribution < 1.29 is 4.79 Å². The van der Waals surface area contributed by atoms with Crippen LogP contribution in [-0.4, -0.2) is 5.24 Å². The van der Waals surface area contributed by atoms with Crippen molar-refractivity contribution >= 4 is 64.4 Å². The van der Waals surface area contributed by atoms with Gasteiger partial charge in [0.1, 0.15) is 4.88 Å². The minimum atomic E-state index is -0.499. The van der Waals surface area contributed by atoms with Gasteiger partial charge in [0, 0.05) is 10.1 Å². The molecule has 0 saturated heterocycles. The lowest BCUT2D eigenvalue weighted by Crippen LogP contribution is -1.86. The number of hydrogen-bond donors (Lipinski definition) is 0. The molecule has 0 aliphatic rings. The van der Waals surface area contributed by atoms with E-state index in [0.29, 0.717) is 9.90 Å². The zero-order valence-electron chi connectivity index (χ0n) is 6.88. The molecule has 0 saturated carbocycles. The molecule has 1 heterocycles. The molecule has 0 radical (unpaired) electrons. The van der Waals surface area contributed by atoms with Crippen LogP contribution in [0.2, 0.25) is 5.02 Å². The summed E-state index contributed by atoms with van der Waals surface area (Å²) in [6, 6.07) is 5.72. The Kier molecular flexibility index (Phi) is 2.81. The average molecular weight is 263 g/mol. The molecule has 2 rings (SSSR count). The van der Waals surface area contributed by atoms with E-state index >= 15 is 0 Å². The van der Waals surface area contributed by atoms with Crippen LogP contribution in [-0.2, 0) is 0 Å². The van der Waals surface area contributed by atoms with Crippen molar-refractivity contribution in [3.8, 4) is 0 Å². The van der Waals surface area contributed by atoms with Gasteiger partial charge >= 0.3 is 0 Å². The topological polar surface area (TPSA) is 17.1 Å². The third-order valence-electron chi connectivity index (χ3n) is 1.86. The summed E-state index contributed by atoms with van der Waals surface area (Å²) in [5.74, 6) is 0. The van der Waals surface area contributed by atoms with Gasteiger partial charge in [0.2, 0.25) is 0 Å². The standard InChI is InChI=1S/C9H5Cl2OPS/c10-6-4-2-1-3-5(13)7(4)14-8(6)9(11)12/h1-3H,13H2. The Balaban J connectivity index is 2.86. The lowest BCUT2D eigenvalue weighted by atomic mass is 10.2. The van der Waals surface area contributed by atoms with E-state index in [-0.39, 0.29) is 0 Å². The number of benzene rings is 1. The highest BCUT2D eigenvalue weighted by Crippen LogP contribution is 2.35. The van der Waals surface area contributed by atoms with Crippen molar-refractivity contribution in [3.05, 3.63) is 28.1 Å². The lowest BCUT2D eigenvalue weighted by molar-refractivity contribution is 0.108. The normalized spacial score (nSPS) is 10.8. The highest BCUT2D eigenvalue weighted by Gasteiger charge is 2.15. The Labute approximate surface area is 97.2 Å². The first kappa shape index (κ1) is 10.4. The zero-order chi connectivity index (χ0) is 10.3. The van der Waals surface area contributed by atoms with E-state index in [1.54, 1.807) is 0 Å². The van der Waals surface area contributed by atoms with Crippen molar-refractivity contribution in [2.24, 2.45) is 0 Å². The van der Waals surface area contributed by atoms with Gasteiger partial charge in [-0.1, -0.05) is 29.8 Å². The summed E-state index contributed by atoms with van der Waals surface area (Å²) < 4.78 is 0.992. The van der Waals surface area contributed by atoms with Gasteiger partial charge in [0.05, 0.1) is 5.02 Å². The summed E-state index contributed by atoms with van der Waals surface area (Å²) in [6.07, 6.45) is 0. The largest absolute Gasteiger partial charge is 0.275 e. The predicted molar refractivity (Wildman–Crippen MR) is 66.4 cm³/mol. The van der Waals surface area contributed by atoms with E-state index < -0.39 is 5.24 Å². The van der Waals surface area contributed by atoms with Crippen LogP contribution in [0.3, 0.4) is 0 Å². The third kappa shape index (κ3) is 1.57. The molecule has 5 heteroatoms. The maximum atomic E-state index is 11.0. The molecule has 14 heavy (non-hydrogen) atoms. The molecule has 0 aliphatic carbocycles. The summed E-state index contributed by atoms with van der Waals surface area (Å²) in [5.41, 5.74) is 0. The van der Waals surface area contributed by atoms with Crippen LogP contribution in [0.5, 0.6) is 0 Å². The van der Waals surface area contributed by atoms with Gasteiger partial charge in [0.15, 0.2) is 0 Å². The minimum absolute atomic E-state index is 0.415. The lowest BCUT2D eigenvalue weighted by Gasteiger charge is -1.92.